The number of piperidine rings is 1. The normalized spacial score (nSPS) is 23.0. The molecule has 25 heavy (non-hydrogen) atoms. The number of hydrogen-bond donors (Lipinski definition) is 2. The van der Waals surface area contributed by atoms with Crippen molar-refractivity contribution in [2.24, 2.45) is 5.41 Å². The van der Waals surface area contributed by atoms with Crippen LogP contribution in [0.3, 0.4) is 0 Å². The summed E-state index contributed by atoms with van der Waals surface area (Å²) in [4.78, 5) is 26.4. The molecule has 5 nitrogen and oxygen atoms in total. The average molecular weight is 344 g/mol. The molecule has 1 aromatic rings. The van der Waals surface area contributed by atoms with Crippen molar-refractivity contribution in [2.45, 2.75) is 51.0 Å². The number of aliphatic carboxylic acids is 1. The van der Waals surface area contributed by atoms with Crippen LogP contribution in [0.15, 0.2) is 30.3 Å². The molecule has 2 N–H and O–H groups in total. The lowest BCUT2D eigenvalue weighted by molar-refractivity contribution is -0.148. The predicted octanol–water partition coefficient (Wildman–Crippen LogP) is 2.41. The van der Waals surface area contributed by atoms with Gasteiger partial charge < -0.3 is 15.3 Å². The summed E-state index contributed by atoms with van der Waals surface area (Å²) in [5.41, 5.74) is 0.762. The van der Waals surface area contributed by atoms with E-state index >= 15 is 0 Å². The van der Waals surface area contributed by atoms with Crippen LogP contribution in [-0.2, 0) is 15.0 Å². The first-order chi connectivity index (χ1) is 11.8. The van der Waals surface area contributed by atoms with Gasteiger partial charge in [0.15, 0.2) is 0 Å². The van der Waals surface area contributed by atoms with E-state index in [0.717, 1.165) is 31.5 Å². The fourth-order valence-electron chi connectivity index (χ4n) is 4.33. The van der Waals surface area contributed by atoms with Crippen molar-refractivity contribution in [3.05, 3.63) is 35.9 Å². The molecule has 136 valence electrons. The molecule has 2 aliphatic rings. The Morgan fingerprint density at radius 1 is 1.24 bits per heavy atom. The molecule has 0 aliphatic carbocycles. The Morgan fingerprint density at radius 2 is 1.88 bits per heavy atom. The number of likely N-dealkylation sites (tertiary alicyclic amines) is 1. The summed E-state index contributed by atoms with van der Waals surface area (Å²) < 4.78 is 0. The number of carboxylic acid groups (broad SMARTS) is 1. The zero-order chi connectivity index (χ0) is 18.1. The second kappa shape index (κ2) is 6.79. The van der Waals surface area contributed by atoms with E-state index < -0.39 is 12.0 Å². The van der Waals surface area contributed by atoms with Crippen molar-refractivity contribution in [3.63, 3.8) is 0 Å². The zero-order valence-electron chi connectivity index (χ0n) is 15.1. The lowest BCUT2D eigenvalue weighted by Gasteiger charge is -2.34. The van der Waals surface area contributed by atoms with Gasteiger partial charge in [0.05, 0.1) is 0 Å². The first kappa shape index (κ1) is 17.9. The summed E-state index contributed by atoms with van der Waals surface area (Å²) in [6.45, 7) is 6.49. The second-order valence-corrected chi connectivity index (χ2v) is 8.26. The number of hydrogen-bond acceptors (Lipinski definition) is 3. The van der Waals surface area contributed by atoms with E-state index in [1.54, 1.807) is 4.90 Å². The van der Waals surface area contributed by atoms with Gasteiger partial charge in [-0.25, -0.2) is 4.79 Å². The van der Waals surface area contributed by atoms with Crippen LogP contribution in [0.2, 0.25) is 0 Å². The van der Waals surface area contributed by atoms with Crippen LogP contribution in [0.25, 0.3) is 0 Å². The van der Waals surface area contributed by atoms with Gasteiger partial charge in [0.1, 0.15) is 6.04 Å². The molecule has 1 aromatic carbocycles. The summed E-state index contributed by atoms with van der Waals surface area (Å²) in [5.74, 6) is -0.919. The number of carbonyl (C=O) groups excluding carboxylic acids is 1. The smallest absolute Gasteiger partial charge is 0.326 e. The second-order valence-electron chi connectivity index (χ2n) is 8.26. The lowest BCUT2D eigenvalue weighted by Crippen LogP contribution is -2.43. The average Bonchev–Trinajstić information content (AvgIpc) is 2.95. The van der Waals surface area contributed by atoms with Gasteiger partial charge in [-0.1, -0.05) is 44.2 Å². The molecule has 0 bridgehead atoms. The van der Waals surface area contributed by atoms with Crippen molar-refractivity contribution >= 4 is 11.9 Å². The number of amides is 1. The minimum Gasteiger partial charge on any atom is -0.480 e. The van der Waals surface area contributed by atoms with Crippen LogP contribution in [0.4, 0.5) is 0 Å². The molecule has 0 saturated carbocycles. The van der Waals surface area contributed by atoms with E-state index in [9.17, 15) is 14.7 Å². The maximum absolute atomic E-state index is 13.0. The largest absolute Gasteiger partial charge is 0.480 e. The number of nitrogens with zero attached hydrogens (tertiary/aromatic N) is 1. The number of carboxylic acids is 1. The lowest BCUT2D eigenvalue weighted by atomic mass is 9.77. The van der Waals surface area contributed by atoms with Gasteiger partial charge in [-0.15, -0.1) is 0 Å². The van der Waals surface area contributed by atoms with Crippen molar-refractivity contribution in [3.8, 4) is 0 Å². The highest BCUT2D eigenvalue weighted by Crippen LogP contribution is 2.43. The van der Waals surface area contributed by atoms with Gasteiger partial charge in [-0.05, 0) is 48.7 Å². The Bertz CT molecular complexity index is 636. The minimum absolute atomic E-state index is 0.0269. The molecule has 0 aromatic heterocycles. The first-order valence-corrected chi connectivity index (χ1v) is 9.12. The molecule has 2 saturated heterocycles. The van der Waals surface area contributed by atoms with Crippen LogP contribution in [0, 0.1) is 5.41 Å². The Balaban J connectivity index is 1.76. The molecule has 1 amide bonds. The van der Waals surface area contributed by atoms with Crippen molar-refractivity contribution in [1.29, 1.82) is 0 Å². The molecule has 2 fully saturated rings. The molecule has 3 rings (SSSR count). The Hall–Kier alpha value is -1.88. The third-order valence-corrected chi connectivity index (χ3v) is 5.93. The summed E-state index contributed by atoms with van der Waals surface area (Å²) in [6, 6.07) is 9.28. The van der Waals surface area contributed by atoms with Crippen LogP contribution in [-0.4, -0.2) is 47.6 Å². The molecular weight excluding hydrogens is 316 g/mol. The molecule has 1 spiro atoms. The van der Waals surface area contributed by atoms with Gasteiger partial charge in [-0.3, -0.25) is 4.79 Å². The van der Waals surface area contributed by atoms with Gasteiger partial charge in [0.25, 0.3) is 0 Å². The van der Waals surface area contributed by atoms with Gasteiger partial charge in [0, 0.05) is 13.0 Å². The third-order valence-electron chi connectivity index (χ3n) is 5.93. The Morgan fingerprint density at radius 3 is 2.48 bits per heavy atom. The maximum Gasteiger partial charge on any atom is 0.326 e. The number of benzene rings is 1. The van der Waals surface area contributed by atoms with Crippen LogP contribution in [0.1, 0.15) is 45.1 Å². The van der Waals surface area contributed by atoms with Gasteiger partial charge in [0.2, 0.25) is 5.91 Å². The van der Waals surface area contributed by atoms with Crippen molar-refractivity contribution in [2.75, 3.05) is 19.6 Å². The van der Waals surface area contributed by atoms with Crippen LogP contribution >= 0.6 is 0 Å². The molecule has 5 heteroatoms. The van der Waals surface area contributed by atoms with Crippen LogP contribution in [0.5, 0.6) is 0 Å². The summed E-state index contributed by atoms with van der Waals surface area (Å²) >= 11 is 0. The van der Waals surface area contributed by atoms with Crippen LogP contribution < -0.4 is 5.32 Å². The quantitative estimate of drug-likeness (QED) is 0.880. The SMILES string of the molecule is CC(C)(CC(=O)N1CC2(CCNCC2)CC1C(=O)O)c1ccccc1. The fourth-order valence-corrected chi connectivity index (χ4v) is 4.33. The van der Waals surface area contributed by atoms with E-state index in [-0.39, 0.29) is 16.7 Å². The number of carbonyl (C=O) groups is 2. The van der Waals surface area contributed by atoms with E-state index in [1.165, 1.54) is 0 Å². The fraction of sp³-hybridized carbons (Fsp3) is 0.600. The monoisotopic (exact) mass is 344 g/mol. The highest BCUT2D eigenvalue weighted by atomic mass is 16.4. The van der Waals surface area contributed by atoms with E-state index in [4.69, 9.17) is 0 Å². The topological polar surface area (TPSA) is 69.6 Å². The predicted molar refractivity (Wildman–Crippen MR) is 96.4 cm³/mol. The highest BCUT2D eigenvalue weighted by molar-refractivity contribution is 5.85. The van der Waals surface area contributed by atoms with Crippen molar-refractivity contribution in [1.82, 2.24) is 10.2 Å². The molecule has 0 radical (unpaired) electrons. The molecule has 1 atom stereocenters. The van der Waals surface area contributed by atoms with E-state index in [2.05, 4.69) is 5.32 Å². The molecule has 2 aliphatic heterocycles. The van der Waals surface area contributed by atoms with E-state index in [1.807, 2.05) is 44.2 Å². The zero-order valence-corrected chi connectivity index (χ0v) is 15.1. The van der Waals surface area contributed by atoms with Crippen molar-refractivity contribution < 1.29 is 14.7 Å². The first-order valence-electron chi connectivity index (χ1n) is 9.12. The van der Waals surface area contributed by atoms with E-state index in [0.29, 0.717) is 19.4 Å². The Kier molecular flexibility index (Phi) is 4.87. The minimum atomic E-state index is -0.874. The van der Waals surface area contributed by atoms with Gasteiger partial charge in [-0.2, -0.15) is 0 Å². The van der Waals surface area contributed by atoms with Gasteiger partial charge >= 0.3 is 5.97 Å². The summed E-state index contributed by atoms with van der Waals surface area (Å²) in [5, 5.41) is 13.0. The number of rotatable bonds is 4. The third kappa shape index (κ3) is 3.71. The maximum atomic E-state index is 13.0. The molecule has 1 unspecified atom stereocenters. The Labute approximate surface area is 149 Å². The summed E-state index contributed by atoms with van der Waals surface area (Å²) in [7, 11) is 0. The molecular formula is C20H28N2O3. The number of nitrogens with one attached hydrogen (secondary N) is 1. The highest BCUT2D eigenvalue weighted by Gasteiger charge is 2.49. The standard InChI is InChI=1S/C20H28N2O3/c1-19(2,15-6-4-3-5-7-15)13-17(23)22-14-20(8-10-21-11-9-20)12-16(22)18(24)25/h3-7,16,21H,8-14H2,1-2H3,(H,24,25). The molecule has 2 heterocycles. The summed E-state index contributed by atoms with van der Waals surface area (Å²) in [6.07, 6.45) is 2.81.